The Balaban J connectivity index is 1.48. The number of pyridine rings is 2. The van der Waals surface area contributed by atoms with Gasteiger partial charge in [0.25, 0.3) is 0 Å². The van der Waals surface area contributed by atoms with E-state index in [0.29, 0.717) is 0 Å². The van der Waals surface area contributed by atoms with Crippen LogP contribution in [0.1, 0.15) is 0 Å². The maximum atomic E-state index is 4.65. The number of fused-ring (bicyclic) bond motifs is 3. The van der Waals surface area contributed by atoms with Crippen LogP contribution in [0.3, 0.4) is 0 Å². The molecule has 0 aliphatic carbocycles. The van der Waals surface area contributed by atoms with E-state index in [1.165, 1.54) is 43.4 Å². The number of anilines is 3. The van der Waals surface area contributed by atoms with Gasteiger partial charge in [0.05, 0.1) is 11.9 Å². The molecule has 0 spiro atoms. The molecule has 5 aromatic carbocycles. The fourth-order valence-corrected chi connectivity index (χ4v) is 5.24. The van der Waals surface area contributed by atoms with E-state index >= 15 is 0 Å². The molecule has 2 aromatic heterocycles. The van der Waals surface area contributed by atoms with Gasteiger partial charge in [-0.25, -0.2) is 4.98 Å². The number of rotatable bonds is 4. The van der Waals surface area contributed by atoms with Crippen LogP contribution in [-0.4, -0.2) is 9.97 Å². The molecule has 0 aliphatic heterocycles. The van der Waals surface area contributed by atoms with Crippen LogP contribution < -0.4 is 4.90 Å². The minimum Gasteiger partial charge on any atom is -0.293 e. The quantitative estimate of drug-likeness (QED) is 0.239. The minimum atomic E-state index is 0.852. The summed E-state index contributed by atoms with van der Waals surface area (Å²) in [6.45, 7) is 0. The molecule has 174 valence electrons. The standard InChI is InChI=1S/C34H23N3/c1-2-9-25-20-27(15-14-24(25)8-1)34-31-12-4-3-10-26(31)21-28-22-29(16-17-32(28)34)37(30-11-7-18-35-23-30)33-13-5-6-19-36-33/h1-23H. The SMILES string of the molecule is c1ccc(N(c2cccnc2)c2ccc3c(-c4ccc5ccccc5c4)c4ccccc4cc3c2)nc1. The maximum absolute atomic E-state index is 4.65. The molecular formula is C34H23N3. The van der Waals surface area contributed by atoms with Crippen LogP contribution in [0.4, 0.5) is 17.2 Å². The molecule has 3 nitrogen and oxygen atoms in total. The van der Waals surface area contributed by atoms with Gasteiger partial charge in [-0.1, -0.05) is 72.8 Å². The predicted octanol–water partition coefficient (Wildman–Crippen LogP) is 9.07. The third-order valence-corrected chi connectivity index (χ3v) is 6.92. The van der Waals surface area contributed by atoms with Crippen LogP contribution in [0.5, 0.6) is 0 Å². The summed E-state index contributed by atoms with van der Waals surface area (Å²) < 4.78 is 0. The Morgan fingerprint density at radius 3 is 2.14 bits per heavy atom. The zero-order valence-corrected chi connectivity index (χ0v) is 20.1. The largest absolute Gasteiger partial charge is 0.293 e. The van der Waals surface area contributed by atoms with Gasteiger partial charge in [-0.2, -0.15) is 0 Å². The first-order valence-corrected chi connectivity index (χ1v) is 12.4. The molecule has 0 bridgehead atoms. The van der Waals surface area contributed by atoms with Crippen molar-refractivity contribution in [2.75, 3.05) is 4.90 Å². The third-order valence-electron chi connectivity index (χ3n) is 6.92. The molecule has 7 aromatic rings. The average Bonchev–Trinajstić information content (AvgIpc) is 2.97. The Kier molecular flexibility index (Phi) is 5.11. The van der Waals surface area contributed by atoms with E-state index in [1.54, 1.807) is 6.20 Å². The zero-order chi connectivity index (χ0) is 24.6. The molecule has 37 heavy (non-hydrogen) atoms. The highest BCUT2D eigenvalue weighted by Crippen LogP contribution is 2.41. The Hall–Kier alpha value is -5.02. The molecule has 2 heterocycles. The van der Waals surface area contributed by atoms with Crippen LogP contribution in [-0.2, 0) is 0 Å². The van der Waals surface area contributed by atoms with Crippen LogP contribution >= 0.6 is 0 Å². The molecule has 0 atom stereocenters. The van der Waals surface area contributed by atoms with Crippen molar-refractivity contribution >= 4 is 49.5 Å². The van der Waals surface area contributed by atoms with Crippen LogP contribution in [0.25, 0.3) is 43.4 Å². The molecule has 0 amide bonds. The molecule has 0 unspecified atom stereocenters. The first-order valence-electron chi connectivity index (χ1n) is 12.4. The highest BCUT2D eigenvalue weighted by Gasteiger charge is 2.16. The van der Waals surface area contributed by atoms with Crippen molar-refractivity contribution in [2.24, 2.45) is 0 Å². The second-order valence-corrected chi connectivity index (χ2v) is 9.17. The Morgan fingerprint density at radius 2 is 1.30 bits per heavy atom. The lowest BCUT2D eigenvalue weighted by molar-refractivity contribution is 1.16. The smallest absolute Gasteiger partial charge is 0.137 e. The van der Waals surface area contributed by atoms with Crippen LogP contribution in [0.2, 0.25) is 0 Å². The highest BCUT2D eigenvalue weighted by molar-refractivity contribution is 6.14. The molecule has 3 heteroatoms. The Morgan fingerprint density at radius 1 is 0.486 bits per heavy atom. The van der Waals surface area contributed by atoms with E-state index in [4.69, 9.17) is 0 Å². The summed E-state index contributed by atoms with van der Waals surface area (Å²) in [5.41, 5.74) is 4.49. The second kappa shape index (κ2) is 8.89. The lowest BCUT2D eigenvalue weighted by Crippen LogP contribution is -2.11. The topological polar surface area (TPSA) is 29.0 Å². The van der Waals surface area contributed by atoms with E-state index in [9.17, 15) is 0 Å². The van der Waals surface area contributed by atoms with Gasteiger partial charge in [0.15, 0.2) is 0 Å². The molecule has 0 saturated heterocycles. The molecule has 7 rings (SSSR count). The summed E-state index contributed by atoms with van der Waals surface area (Å²) in [6.07, 6.45) is 5.49. The van der Waals surface area contributed by atoms with Gasteiger partial charge in [-0.3, -0.25) is 9.88 Å². The maximum Gasteiger partial charge on any atom is 0.137 e. The van der Waals surface area contributed by atoms with Crippen molar-refractivity contribution in [1.29, 1.82) is 0 Å². The highest BCUT2D eigenvalue weighted by atomic mass is 15.2. The van der Waals surface area contributed by atoms with Crippen molar-refractivity contribution in [1.82, 2.24) is 9.97 Å². The number of hydrogen-bond acceptors (Lipinski definition) is 3. The van der Waals surface area contributed by atoms with Crippen LogP contribution in [0, 0.1) is 0 Å². The van der Waals surface area contributed by atoms with Gasteiger partial charge >= 0.3 is 0 Å². The molecule has 0 aliphatic rings. The zero-order valence-electron chi connectivity index (χ0n) is 20.1. The van der Waals surface area contributed by atoms with E-state index in [2.05, 4.69) is 112 Å². The van der Waals surface area contributed by atoms with Crippen molar-refractivity contribution in [2.45, 2.75) is 0 Å². The summed E-state index contributed by atoms with van der Waals surface area (Å²) in [5, 5.41) is 7.39. The fourth-order valence-electron chi connectivity index (χ4n) is 5.24. The van der Waals surface area contributed by atoms with Gasteiger partial charge in [0, 0.05) is 18.1 Å². The minimum absolute atomic E-state index is 0.852. The first-order chi connectivity index (χ1) is 18.3. The van der Waals surface area contributed by atoms with Crippen molar-refractivity contribution < 1.29 is 0 Å². The molecular weight excluding hydrogens is 450 g/mol. The van der Waals surface area contributed by atoms with Crippen molar-refractivity contribution in [3.8, 4) is 11.1 Å². The Bertz CT molecular complexity index is 1840. The summed E-state index contributed by atoms with van der Waals surface area (Å²) >= 11 is 0. The second-order valence-electron chi connectivity index (χ2n) is 9.17. The number of nitrogens with zero attached hydrogens (tertiary/aromatic N) is 3. The predicted molar refractivity (Wildman–Crippen MR) is 155 cm³/mol. The lowest BCUT2D eigenvalue weighted by Gasteiger charge is -2.24. The van der Waals surface area contributed by atoms with Gasteiger partial charge in [-0.15, -0.1) is 0 Å². The summed E-state index contributed by atoms with van der Waals surface area (Å²) in [5.74, 6) is 0.852. The van der Waals surface area contributed by atoms with E-state index in [0.717, 1.165) is 17.2 Å². The lowest BCUT2D eigenvalue weighted by atomic mass is 9.91. The monoisotopic (exact) mass is 473 g/mol. The van der Waals surface area contributed by atoms with Crippen LogP contribution in [0.15, 0.2) is 140 Å². The average molecular weight is 474 g/mol. The molecule has 0 fully saturated rings. The van der Waals surface area contributed by atoms with Gasteiger partial charge in [-0.05, 0) is 92.0 Å². The van der Waals surface area contributed by atoms with Crippen molar-refractivity contribution in [3.63, 3.8) is 0 Å². The van der Waals surface area contributed by atoms with Gasteiger partial charge in [0.2, 0.25) is 0 Å². The molecule has 0 radical (unpaired) electrons. The Labute approximate surface area is 215 Å². The normalized spacial score (nSPS) is 11.2. The van der Waals surface area contributed by atoms with E-state index in [1.807, 2.05) is 36.7 Å². The first kappa shape index (κ1) is 21.3. The number of aromatic nitrogens is 2. The number of benzene rings is 5. The number of hydrogen-bond donors (Lipinski definition) is 0. The summed E-state index contributed by atoms with van der Waals surface area (Å²) in [4.78, 5) is 11.2. The van der Waals surface area contributed by atoms with Gasteiger partial charge < -0.3 is 0 Å². The van der Waals surface area contributed by atoms with E-state index < -0.39 is 0 Å². The molecule has 0 N–H and O–H groups in total. The summed E-state index contributed by atoms with van der Waals surface area (Å²) in [7, 11) is 0. The van der Waals surface area contributed by atoms with Gasteiger partial charge in [0.1, 0.15) is 5.82 Å². The van der Waals surface area contributed by atoms with E-state index in [-0.39, 0.29) is 0 Å². The van der Waals surface area contributed by atoms with Crippen molar-refractivity contribution in [3.05, 3.63) is 140 Å². The summed E-state index contributed by atoms with van der Waals surface area (Å²) in [6, 6.07) is 42.9. The molecule has 0 saturated carbocycles. The third kappa shape index (κ3) is 3.78. The fraction of sp³-hybridized carbons (Fsp3) is 0.